The second-order valence-electron chi connectivity index (χ2n) is 3.36. The maximum absolute atomic E-state index is 11.6. The van der Waals surface area contributed by atoms with Crippen molar-refractivity contribution in [1.82, 2.24) is 0 Å². The molecule has 0 heterocycles. The zero-order valence-corrected chi connectivity index (χ0v) is 9.98. The van der Waals surface area contributed by atoms with Gasteiger partial charge in [-0.05, 0) is 24.3 Å². The fourth-order valence-electron chi connectivity index (χ4n) is 1.18. The lowest BCUT2D eigenvalue weighted by molar-refractivity contribution is -0.384. The monoisotopic (exact) mass is 255 g/mol. The molecule has 17 heavy (non-hydrogen) atoms. The molecule has 1 aromatic rings. The molecule has 0 aliphatic carbocycles. The van der Waals surface area contributed by atoms with E-state index in [1.165, 1.54) is 36.0 Å². The lowest BCUT2D eigenvalue weighted by Crippen LogP contribution is -2.03. The summed E-state index contributed by atoms with van der Waals surface area (Å²) < 4.78 is 0. The molecule has 0 unspecified atom stereocenters. The van der Waals surface area contributed by atoms with Gasteiger partial charge in [-0.15, -0.1) is 0 Å². The van der Waals surface area contributed by atoms with Crippen LogP contribution in [0.25, 0.3) is 0 Å². The maximum atomic E-state index is 11.6. The fraction of sp³-hybridized carbons (Fsp3) is 0.364. The molecule has 0 saturated heterocycles. The van der Waals surface area contributed by atoms with E-state index in [9.17, 15) is 14.9 Å². The summed E-state index contributed by atoms with van der Waals surface area (Å²) >= 11 is 1.45. The van der Waals surface area contributed by atoms with Crippen molar-refractivity contribution in [2.75, 3.05) is 18.1 Å². The van der Waals surface area contributed by atoms with Crippen molar-refractivity contribution >= 4 is 23.2 Å². The van der Waals surface area contributed by atoms with Gasteiger partial charge >= 0.3 is 0 Å². The van der Waals surface area contributed by atoms with E-state index in [2.05, 4.69) is 0 Å². The predicted molar refractivity (Wildman–Crippen MR) is 66.5 cm³/mol. The number of nitro benzene ring substituents is 1. The minimum absolute atomic E-state index is 0.0190. The van der Waals surface area contributed by atoms with Gasteiger partial charge < -0.3 is 5.11 Å². The largest absolute Gasteiger partial charge is 0.396 e. The number of non-ortho nitro benzene ring substituents is 1. The van der Waals surface area contributed by atoms with E-state index in [1.807, 2.05) is 0 Å². The molecule has 1 N–H and O–H groups in total. The van der Waals surface area contributed by atoms with Gasteiger partial charge in [0.25, 0.3) is 5.69 Å². The van der Waals surface area contributed by atoms with Crippen LogP contribution in [0.2, 0.25) is 0 Å². The Balaban J connectivity index is 2.49. The maximum Gasteiger partial charge on any atom is 0.269 e. The number of nitrogens with zero attached hydrogens (tertiary/aromatic N) is 1. The van der Waals surface area contributed by atoms with E-state index in [-0.39, 0.29) is 18.1 Å². The fourth-order valence-corrected chi connectivity index (χ4v) is 2.01. The van der Waals surface area contributed by atoms with Crippen molar-refractivity contribution in [2.24, 2.45) is 0 Å². The molecule has 5 nitrogen and oxygen atoms in total. The van der Waals surface area contributed by atoms with Crippen molar-refractivity contribution in [1.29, 1.82) is 0 Å². The third kappa shape index (κ3) is 4.54. The highest BCUT2D eigenvalue weighted by molar-refractivity contribution is 7.99. The summed E-state index contributed by atoms with van der Waals surface area (Å²) in [6, 6.07) is 5.58. The molecule has 0 aromatic heterocycles. The van der Waals surface area contributed by atoms with E-state index in [4.69, 9.17) is 5.11 Å². The van der Waals surface area contributed by atoms with Gasteiger partial charge in [0.2, 0.25) is 0 Å². The second kappa shape index (κ2) is 7.03. The van der Waals surface area contributed by atoms with Gasteiger partial charge in [-0.25, -0.2) is 0 Å². The highest BCUT2D eigenvalue weighted by Gasteiger charge is 2.09. The Kier molecular flexibility index (Phi) is 5.65. The van der Waals surface area contributed by atoms with E-state index in [0.29, 0.717) is 17.7 Å². The molecule has 0 fully saturated rings. The van der Waals surface area contributed by atoms with Gasteiger partial charge in [-0.3, -0.25) is 14.9 Å². The Bertz CT molecular complexity index is 391. The molecular formula is C11H13NO4S. The summed E-state index contributed by atoms with van der Waals surface area (Å²) in [5.41, 5.74) is 0.460. The first-order valence-electron chi connectivity index (χ1n) is 5.11. The third-order valence-electron chi connectivity index (χ3n) is 2.08. The number of ketones is 1. The zero-order valence-electron chi connectivity index (χ0n) is 9.17. The number of hydrogen-bond acceptors (Lipinski definition) is 5. The van der Waals surface area contributed by atoms with Crippen molar-refractivity contribution in [3.8, 4) is 0 Å². The average molecular weight is 255 g/mol. The van der Waals surface area contributed by atoms with E-state index >= 15 is 0 Å². The molecule has 1 rings (SSSR count). The molecular weight excluding hydrogens is 242 g/mol. The van der Waals surface area contributed by atoms with Crippen molar-refractivity contribution in [3.05, 3.63) is 39.9 Å². The molecule has 0 aliphatic heterocycles. The van der Waals surface area contributed by atoms with Gasteiger partial charge in [0.15, 0.2) is 5.78 Å². The highest BCUT2D eigenvalue weighted by Crippen LogP contribution is 2.14. The topological polar surface area (TPSA) is 80.4 Å². The molecule has 92 valence electrons. The summed E-state index contributed by atoms with van der Waals surface area (Å²) in [4.78, 5) is 21.6. The minimum atomic E-state index is -0.496. The molecule has 0 radical (unpaired) electrons. The lowest BCUT2D eigenvalue weighted by Gasteiger charge is -2.00. The van der Waals surface area contributed by atoms with Crippen molar-refractivity contribution < 1.29 is 14.8 Å². The van der Waals surface area contributed by atoms with Crippen LogP contribution in [0.3, 0.4) is 0 Å². The smallest absolute Gasteiger partial charge is 0.269 e. The van der Waals surface area contributed by atoms with Gasteiger partial charge in [0, 0.05) is 24.3 Å². The van der Waals surface area contributed by atoms with Crippen molar-refractivity contribution in [2.45, 2.75) is 6.42 Å². The molecule has 0 amide bonds. The molecule has 0 aliphatic rings. The molecule has 0 atom stereocenters. The number of carbonyl (C=O) groups excluding carboxylic acids is 1. The quantitative estimate of drug-likeness (QED) is 0.348. The summed E-state index contributed by atoms with van der Waals surface area (Å²) in [7, 11) is 0. The van der Waals surface area contributed by atoms with Crippen LogP contribution in [-0.4, -0.2) is 33.9 Å². The molecule has 0 spiro atoms. The van der Waals surface area contributed by atoms with E-state index in [0.717, 1.165) is 5.75 Å². The first-order valence-corrected chi connectivity index (χ1v) is 6.27. The van der Waals surface area contributed by atoms with Crippen LogP contribution < -0.4 is 0 Å². The third-order valence-corrected chi connectivity index (χ3v) is 3.12. The number of Topliss-reactive ketones (excluding diaryl/α,β-unsaturated/α-hetero) is 1. The van der Waals surface area contributed by atoms with Gasteiger partial charge in [-0.1, -0.05) is 0 Å². The second-order valence-corrected chi connectivity index (χ2v) is 4.46. The Hall–Kier alpha value is -1.40. The van der Waals surface area contributed by atoms with Crippen LogP contribution >= 0.6 is 11.8 Å². The predicted octanol–water partition coefficient (Wildman–Crippen LogP) is 1.89. The number of rotatable bonds is 7. The van der Waals surface area contributed by atoms with E-state index in [1.54, 1.807) is 0 Å². The molecule has 6 heteroatoms. The van der Waals surface area contributed by atoms with Gasteiger partial charge in [0.1, 0.15) is 0 Å². The zero-order chi connectivity index (χ0) is 12.7. The Morgan fingerprint density at radius 2 is 2.00 bits per heavy atom. The van der Waals surface area contributed by atoms with Crippen molar-refractivity contribution in [3.63, 3.8) is 0 Å². The Morgan fingerprint density at radius 1 is 1.35 bits per heavy atom. The lowest BCUT2D eigenvalue weighted by atomic mass is 10.1. The summed E-state index contributed by atoms with van der Waals surface area (Å²) in [6.07, 6.45) is 0.665. The first-order chi connectivity index (χ1) is 8.15. The number of benzene rings is 1. The number of carbonyl (C=O) groups is 1. The normalized spacial score (nSPS) is 10.2. The van der Waals surface area contributed by atoms with Crippen LogP contribution in [0.15, 0.2) is 24.3 Å². The van der Waals surface area contributed by atoms with Gasteiger partial charge in [-0.2, -0.15) is 11.8 Å². The van der Waals surface area contributed by atoms with E-state index < -0.39 is 4.92 Å². The number of aliphatic hydroxyl groups excluding tert-OH is 1. The van der Waals surface area contributed by atoms with Crippen LogP contribution in [0, 0.1) is 10.1 Å². The Labute approximate surface area is 103 Å². The SMILES string of the molecule is O=C(CSCCCO)c1ccc([N+](=O)[O-])cc1. The van der Waals surface area contributed by atoms with Gasteiger partial charge in [0.05, 0.1) is 10.7 Å². The highest BCUT2D eigenvalue weighted by atomic mass is 32.2. The molecule has 0 bridgehead atoms. The summed E-state index contributed by atoms with van der Waals surface area (Å²) in [6.45, 7) is 0.124. The average Bonchev–Trinajstić information content (AvgIpc) is 2.34. The van der Waals surface area contributed by atoms with Crippen LogP contribution in [0.5, 0.6) is 0 Å². The number of hydrogen-bond donors (Lipinski definition) is 1. The molecule has 1 aromatic carbocycles. The molecule has 0 saturated carbocycles. The standard InChI is InChI=1S/C11H13NO4S/c13-6-1-7-17-8-11(14)9-2-4-10(5-3-9)12(15)16/h2-5,13H,1,6-8H2. The Morgan fingerprint density at radius 3 is 2.53 bits per heavy atom. The minimum Gasteiger partial charge on any atom is -0.396 e. The van der Waals surface area contributed by atoms with Crippen LogP contribution in [-0.2, 0) is 0 Å². The number of nitro groups is 1. The first kappa shape index (κ1) is 13.7. The van der Waals surface area contributed by atoms with Crippen LogP contribution in [0.1, 0.15) is 16.8 Å². The van der Waals surface area contributed by atoms with Crippen LogP contribution in [0.4, 0.5) is 5.69 Å². The summed E-state index contributed by atoms with van der Waals surface area (Å²) in [5.74, 6) is 1.01. The number of thioether (sulfide) groups is 1. The summed E-state index contributed by atoms with van der Waals surface area (Å²) in [5, 5.41) is 19.0. The number of aliphatic hydroxyl groups is 1.